The number of hydrogen-bond acceptors (Lipinski definition) is 2. The van der Waals surface area contributed by atoms with Crippen molar-refractivity contribution in [1.82, 2.24) is 0 Å². The number of aromatic hydroxyl groups is 2. The Kier molecular flexibility index (Phi) is 9.13. The van der Waals surface area contributed by atoms with Crippen LogP contribution in [0.1, 0.15) is 76.3 Å². The fraction of sp³-hybridized carbons (Fsp3) is 0.667. The molecular weight excluding hydrogens is 375 g/mol. The van der Waals surface area contributed by atoms with Gasteiger partial charge in [0.1, 0.15) is 0 Å². The highest BCUT2D eigenvalue weighted by Crippen LogP contribution is 2.36. The van der Waals surface area contributed by atoms with Crippen LogP contribution >= 0.6 is 22.6 Å². The molecule has 0 aliphatic heterocycles. The highest BCUT2D eigenvalue weighted by Gasteiger charge is 2.15. The predicted octanol–water partition coefficient (Wildman–Crippen LogP) is 5.95. The summed E-state index contributed by atoms with van der Waals surface area (Å²) in [5, 5.41) is 19.8. The Hall–Kier alpha value is -0.450. The molecule has 1 aromatic rings. The second kappa shape index (κ2) is 10.3. The number of phenolic OH excluding ortho intramolecular Hbond substituents is 2. The van der Waals surface area contributed by atoms with Crippen molar-refractivity contribution in [2.45, 2.75) is 78.1 Å². The third-order valence-electron chi connectivity index (χ3n) is 3.99. The highest BCUT2D eigenvalue weighted by molar-refractivity contribution is 14.1. The van der Waals surface area contributed by atoms with Crippen molar-refractivity contribution in [1.29, 1.82) is 0 Å². The first-order valence-electron chi connectivity index (χ1n) is 8.33. The Morgan fingerprint density at radius 1 is 0.857 bits per heavy atom. The summed E-state index contributed by atoms with van der Waals surface area (Å²) in [5.41, 5.74) is 2.47. The summed E-state index contributed by atoms with van der Waals surface area (Å²) in [5.74, 6) is 0.0839. The minimum atomic E-state index is 0.0298. The van der Waals surface area contributed by atoms with Gasteiger partial charge in [0.25, 0.3) is 0 Å². The van der Waals surface area contributed by atoms with Crippen LogP contribution < -0.4 is 0 Å². The van der Waals surface area contributed by atoms with E-state index in [1.165, 1.54) is 49.7 Å². The Balaban J connectivity index is 2.77. The summed E-state index contributed by atoms with van der Waals surface area (Å²) in [6.07, 6.45) is 11.8. The quantitative estimate of drug-likeness (QED) is 0.288. The third kappa shape index (κ3) is 6.05. The Morgan fingerprint density at radius 3 is 2.00 bits per heavy atom. The van der Waals surface area contributed by atoms with E-state index in [4.69, 9.17) is 0 Å². The van der Waals surface area contributed by atoms with Gasteiger partial charge in [-0.15, -0.1) is 0 Å². The Labute approximate surface area is 143 Å². The number of aryl methyl sites for hydroxylation is 1. The first-order valence-corrected chi connectivity index (χ1v) is 9.41. The molecule has 0 saturated heterocycles. The van der Waals surface area contributed by atoms with Crippen LogP contribution in [0.15, 0.2) is 6.07 Å². The second-order valence-electron chi connectivity index (χ2n) is 5.82. The van der Waals surface area contributed by atoms with Crippen LogP contribution in [0.2, 0.25) is 0 Å². The van der Waals surface area contributed by atoms with Gasteiger partial charge in [-0.3, -0.25) is 0 Å². The van der Waals surface area contributed by atoms with Crippen LogP contribution in [0.5, 0.6) is 11.5 Å². The zero-order valence-electron chi connectivity index (χ0n) is 13.4. The molecule has 0 aromatic heterocycles. The van der Waals surface area contributed by atoms with Gasteiger partial charge in [0.2, 0.25) is 0 Å². The largest absolute Gasteiger partial charge is 0.504 e. The molecule has 2 N–H and O–H groups in total. The molecule has 0 radical (unpaired) electrons. The number of hydrogen-bond donors (Lipinski definition) is 2. The summed E-state index contributed by atoms with van der Waals surface area (Å²) in [7, 11) is 0. The van der Waals surface area contributed by atoms with Crippen LogP contribution in [-0.2, 0) is 12.8 Å². The van der Waals surface area contributed by atoms with Crippen LogP contribution in [0.25, 0.3) is 0 Å². The van der Waals surface area contributed by atoms with Crippen LogP contribution in [0.3, 0.4) is 0 Å². The molecule has 0 bridgehead atoms. The molecule has 0 aliphatic carbocycles. The van der Waals surface area contributed by atoms with Crippen molar-refractivity contribution in [3.05, 3.63) is 20.8 Å². The van der Waals surface area contributed by atoms with Crippen LogP contribution in [0.4, 0.5) is 0 Å². The van der Waals surface area contributed by atoms with Gasteiger partial charge < -0.3 is 10.2 Å². The van der Waals surface area contributed by atoms with Gasteiger partial charge in [-0.05, 0) is 65.5 Å². The van der Waals surface area contributed by atoms with E-state index >= 15 is 0 Å². The van der Waals surface area contributed by atoms with Gasteiger partial charge >= 0.3 is 0 Å². The maximum atomic E-state index is 9.97. The SMILES string of the molecule is CCCCCCc1cc(O)c(O)c(I)c1CCCCCC. The molecule has 0 heterocycles. The first-order chi connectivity index (χ1) is 10.1. The molecule has 0 unspecified atom stereocenters. The molecule has 0 spiro atoms. The molecule has 0 atom stereocenters. The van der Waals surface area contributed by atoms with E-state index in [1.54, 1.807) is 6.07 Å². The number of halogens is 1. The van der Waals surface area contributed by atoms with Crippen molar-refractivity contribution < 1.29 is 10.2 Å². The number of benzene rings is 1. The fourth-order valence-electron chi connectivity index (χ4n) is 2.68. The van der Waals surface area contributed by atoms with E-state index in [2.05, 4.69) is 36.4 Å². The van der Waals surface area contributed by atoms with Crippen molar-refractivity contribution in [2.24, 2.45) is 0 Å². The Morgan fingerprint density at radius 2 is 1.43 bits per heavy atom. The summed E-state index contributed by atoms with van der Waals surface area (Å²) < 4.78 is 0.842. The van der Waals surface area contributed by atoms with Crippen molar-refractivity contribution in [3.8, 4) is 11.5 Å². The van der Waals surface area contributed by atoms with E-state index in [0.29, 0.717) is 0 Å². The molecular formula is C18H29IO2. The summed E-state index contributed by atoms with van der Waals surface area (Å²) in [4.78, 5) is 0. The fourth-order valence-corrected chi connectivity index (χ4v) is 3.57. The van der Waals surface area contributed by atoms with E-state index < -0.39 is 0 Å². The normalized spacial score (nSPS) is 11.0. The molecule has 0 fully saturated rings. The predicted molar refractivity (Wildman–Crippen MR) is 98.2 cm³/mol. The summed E-state index contributed by atoms with van der Waals surface area (Å²) in [6.45, 7) is 4.43. The minimum absolute atomic E-state index is 0.0298. The zero-order valence-corrected chi connectivity index (χ0v) is 15.6. The van der Waals surface area contributed by atoms with Crippen molar-refractivity contribution >= 4 is 22.6 Å². The average Bonchev–Trinajstić information content (AvgIpc) is 2.48. The van der Waals surface area contributed by atoms with Gasteiger partial charge in [0, 0.05) is 0 Å². The smallest absolute Gasteiger partial charge is 0.171 e. The monoisotopic (exact) mass is 404 g/mol. The van der Waals surface area contributed by atoms with Gasteiger partial charge in [-0.2, -0.15) is 0 Å². The lowest BCUT2D eigenvalue weighted by atomic mass is 9.96. The van der Waals surface area contributed by atoms with Crippen LogP contribution in [-0.4, -0.2) is 10.2 Å². The van der Waals surface area contributed by atoms with E-state index in [0.717, 1.165) is 29.3 Å². The lowest BCUT2D eigenvalue weighted by Gasteiger charge is -2.14. The van der Waals surface area contributed by atoms with Crippen molar-refractivity contribution in [2.75, 3.05) is 0 Å². The van der Waals surface area contributed by atoms with Crippen LogP contribution in [0, 0.1) is 3.57 Å². The standard InChI is InChI=1S/C18H29IO2/c1-3-5-7-9-11-14-13-16(20)18(21)17(19)15(14)12-10-8-6-4-2/h13,20-21H,3-12H2,1-2H3. The molecule has 1 aromatic carbocycles. The lowest BCUT2D eigenvalue weighted by molar-refractivity contribution is 0.399. The molecule has 0 amide bonds. The molecule has 120 valence electrons. The molecule has 0 aliphatic rings. The summed E-state index contributed by atoms with van der Waals surface area (Å²) >= 11 is 2.18. The number of unbranched alkanes of at least 4 members (excludes halogenated alkanes) is 6. The molecule has 2 nitrogen and oxygen atoms in total. The van der Waals surface area contributed by atoms with Gasteiger partial charge in [0.05, 0.1) is 3.57 Å². The topological polar surface area (TPSA) is 40.5 Å². The van der Waals surface area contributed by atoms with Gasteiger partial charge in [0.15, 0.2) is 11.5 Å². The second-order valence-corrected chi connectivity index (χ2v) is 6.90. The molecule has 21 heavy (non-hydrogen) atoms. The average molecular weight is 404 g/mol. The Bertz CT molecular complexity index is 430. The van der Waals surface area contributed by atoms with Gasteiger partial charge in [-0.25, -0.2) is 0 Å². The van der Waals surface area contributed by atoms with E-state index in [9.17, 15) is 10.2 Å². The lowest BCUT2D eigenvalue weighted by Crippen LogP contribution is -2.00. The molecule has 0 saturated carbocycles. The molecule has 1 rings (SSSR count). The van der Waals surface area contributed by atoms with E-state index in [-0.39, 0.29) is 11.5 Å². The summed E-state index contributed by atoms with van der Waals surface area (Å²) in [6, 6.07) is 1.78. The number of phenols is 2. The van der Waals surface area contributed by atoms with E-state index in [1.807, 2.05) is 0 Å². The highest BCUT2D eigenvalue weighted by atomic mass is 127. The minimum Gasteiger partial charge on any atom is -0.504 e. The molecule has 3 heteroatoms. The van der Waals surface area contributed by atoms with Gasteiger partial charge in [-0.1, -0.05) is 52.4 Å². The third-order valence-corrected chi connectivity index (χ3v) is 5.16. The number of rotatable bonds is 10. The maximum absolute atomic E-state index is 9.97. The zero-order chi connectivity index (χ0) is 15.7. The first kappa shape index (κ1) is 18.6. The van der Waals surface area contributed by atoms with Crippen molar-refractivity contribution in [3.63, 3.8) is 0 Å². The maximum Gasteiger partial charge on any atom is 0.171 e.